The van der Waals surface area contributed by atoms with Crippen molar-refractivity contribution in [3.63, 3.8) is 0 Å². The summed E-state index contributed by atoms with van der Waals surface area (Å²) >= 11 is 0. The number of ether oxygens (including phenoxy) is 3. The number of nitrogens with zero attached hydrogens (tertiary/aromatic N) is 1. The monoisotopic (exact) mass is 385 g/mol. The Labute approximate surface area is 163 Å². The summed E-state index contributed by atoms with van der Waals surface area (Å²) in [6.07, 6.45) is 0.231. The molecule has 0 saturated carbocycles. The van der Waals surface area contributed by atoms with Crippen LogP contribution in [-0.4, -0.2) is 45.9 Å². The van der Waals surface area contributed by atoms with Gasteiger partial charge in [0.15, 0.2) is 0 Å². The van der Waals surface area contributed by atoms with Gasteiger partial charge in [0.1, 0.15) is 17.2 Å². The molecule has 148 valence electrons. The van der Waals surface area contributed by atoms with Crippen molar-refractivity contribution in [3.05, 3.63) is 42.5 Å². The Hall–Kier alpha value is -3.42. The minimum absolute atomic E-state index is 0.0468. The van der Waals surface area contributed by atoms with Crippen molar-refractivity contribution in [1.82, 2.24) is 5.32 Å². The topological polar surface area (TPSA) is 89.1 Å². The van der Waals surface area contributed by atoms with Gasteiger partial charge in [-0.15, -0.1) is 0 Å². The average Bonchev–Trinajstić information content (AvgIpc) is 3.07. The van der Waals surface area contributed by atoms with Crippen LogP contribution in [-0.2, 0) is 4.79 Å². The third-order valence-electron chi connectivity index (χ3n) is 4.50. The first kappa shape index (κ1) is 19.3. The van der Waals surface area contributed by atoms with E-state index in [4.69, 9.17) is 14.2 Å². The lowest BCUT2D eigenvalue weighted by Crippen LogP contribution is -2.39. The van der Waals surface area contributed by atoms with Gasteiger partial charge in [-0.05, 0) is 36.4 Å². The van der Waals surface area contributed by atoms with E-state index in [1.807, 2.05) is 12.1 Å². The molecule has 28 heavy (non-hydrogen) atoms. The van der Waals surface area contributed by atoms with E-state index >= 15 is 0 Å². The number of nitrogens with one attached hydrogen (secondary N) is 2. The maximum Gasteiger partial charge on any atom is 0.319 e. The fourth-order valence-corrected chi connectivity index (χ4v) is 3.07. The van der Waals surface area contributed by atoms with Crippen LogP contribution in [0.5, 0.6) is 17.2 Å². The Morgan fingerprint density at radius 2 is 1.68 bits per heavy atom. The maximum absolute atomic E-state index is 12.4. The second-order valence-electron chi connectivity index (χ2n) is 6.27. The van der Waals surface area contributed by atoms with E-state index < -0.39 is 6.03 Å². The van der Waals surface area contributed by atoms with Crippen molar-refractivity contribution < 1.29 is 23.8 Å². The highest BCUT2D eigenvalue weighted by Gasteiger charge is 2.31. The molecule has 3 amide bonds. The van der Waals surface area contributed by atoms with E-state index in [1.54, 1.807) is 49.5 Å². The number of hydrogen-bond acceptors (Lipinski definition) is 5. The van der Waals surface area contributed by atoms with Gasteiger partial charge in [-0.2, -0.15) is 0 Å². The molecule has 0 radical (unpaired) electrons. The Kier molecular flexibility index (Phi) is 5.88. The maximum atomic E-state index is 12.4. The molecule has 1 atom stereocenters. The molecule has 2 aromatic rings. The highest BCUT2D eigenvalue weighted by molar-refractivity contribution is 5.98. The van der Waals surface area contributed by atoms with E-state index in [0.29, 0.717) is 23.7 Å². The molecule has 1 heterocycles. The fourth-order valence-electron chi connectivity index (χ4n) is 3.07. The van der Waals surface area contributed by atoms with E-state index in [-0.39, 0.29) is 18.4 Å². The molecule has 1 saturated heterocycles. The lowest BCUT2D eigenvalue weighted by Gasteiger charge is -2.18. The third kappa shape index (κ3) is 4.28. The van der Waals surface area contributed by atoms with Crippen molar-refractivity contribution in [2.45, 2.75) is 12.5 Å². The molecular formula is C20H23N3O5. The van der Waals surface area contributed by atoms with Crippen LogP contribution in [0.3, 0.4) is 0 Å². The summed E-state index contributed by atoms with van der Waals surface area (Å²) < 4.78 is 15.6. The first-order valence-corrected chi connectivity index (χ1v) is 8.78. The number of rotatable bonds is 6. The van der Waals surface area contributed by atoms with Gasteiger partial charge >= 0.3 is 6.03 Å². The predicted molar refractivity (Wildman–Crippen MR) is 105 cm³/mol. The minimum atomic E-state index is -0.416. The summed E-state index contributed by atoms with van der Waals surface area (Å²) in [5, 5.41) is 5.58. The average molecular weight is 385 g/mol. The number of hydrogen-bond donors (Lipinski definition) is 2. The molecule has 2 N–H and O–H groups in total. The highest BCUT2D eigenvalue weighted by atomic mass is 16.5. The lowest BCUT2D eigenvalue weighted by molar-refractivity contribution is -0.117. The van der Waals surface area contributed by atoms with E-state index in [9.17, 15) is 9.59 Å². The van der Waals surface area contributed by atoms with E-state index in [0.717, 1.165) is 11.4 Å². The molecule has 1 fully saturated rings. The Balaban J connectivity index is 1.63. The number of anilines is 2. The van der Waals surface area contributed by atoms with Gasteiger partial charge in [0.2, 0.25) is 5.91 Å². The van der Waals surface area contributed by atoms with E-state index in [1.165, 1.54) is 7.11 Å². The molecule has 8 heteroatoms. The molecule has 2 aromatic carbocycles. The summed E-state index contributed by atoms with van der Waals surface area (Å²) in [5.41, 5.74) is 1.25. The minimum Gasteiger partial charge on any atom is -0.497 e. The van der Waals surface area contributed by atoms with Crippen molar-refractivity contribution in [1.29, 1.82) is 0 Å². The zero-order chi connectivity index (χ0) is 20.1. The van der Waals surface area contributed by atoms with Gasteiger partial charge in [-0.1, -0.05) is 0 Å². The predicted octanol–water partition coefficient (Wildman–Crippen LogP) is 2.64. The highest BCUT2D eigenvalue weighted by Crippen LogP contribution is 2.29. The first-order chi connectivity index (χ1) is 13.5. The number of benzene rings is 2. The molecule has 0 spiro atoms. The fraction of sp³-hybridized carbons (Fsp3) is 0.300. The second-order valence-corrected chi connectivity index (χ2v) is 6.27. The quantitative estimate of drug-likeness (QED) is 0.798. The molecule has 0 aromatic heterocycles. The van der Waals surface area contributed by atoms with Crippen LogP contribution in [0.4, 0.5) is 16.2 Å². The van der Waals surface area contributed by atoms with Crippen molar-refractivity contribution in [3.8, 4) is 17.2 Å². The van der Waals surface area contributed by atoms with Crippen LogP contribution < -0.4 is 29.7 Å². The smallest absolute Gasteiger partial charge is 0.319 e. The van der Waals surface area contributed by atoms with Crippen LogP contribution in [0.2, 0.25) is 0 Å². The Morgan fingerprint density at radius 3 is 2.32 bits per heavy atom. The molecule has 0 unspecified atom stereocenters. The number of carbonyl (C=O) groups is 2. The summed E-state index contributed by atoms with van der Waals surface area (Å²) in [4.78, 5) is 26.4. The lowest BCUT2D eigenvalue weighted by atomic mass is 10.2. The molecule has 0 bridgehead atoms. The zero-order valence-corrected chi connectivity index (χ0v) is 16.0. The van der Waals surface area contributed by atoms with Gasteiger partial charge < -0.3 is 29.7 Å². The molecule has 0 aliphatic carbocycles. The van der Waals surface area contributed by atoms with Crippen LogP contribution in [0.15, 0.2) is 42.5 Å². The van der Waals surface area contributed by atoms with Crippen molar-refractivity contribution in [2.24, 2.45) is 0 Å². The van der Waals surface area contributed by atoms with Gasteiger partial charge in [-0.3, -0.25) is 4.79 Å². The molecule has 1 aliphatic heterocycles. The SMILES string of the molecule is COc1ccc(N2C[C@H](NC(=O)Nc3cc(OC)ccc3OC)CC2=O)cc1. The third-order valence-corrected chi connectivity index (χ3v) is 4.50. The number of amides is 3. The largest absolute Gasteiger partial charge is 0.497 e. The Morgan fingerprint density at radius 1 is 1.00 bits per heavy atom. The normalized spacial score (nSPS) is 15.9. The first-order valence-electron chi connectivity index (χ1n) is 8.78. The van der Waals surface area contributed by atoms with Gasteiger partial charge in [0.05, 0.1) is 33.1 Å². The Bertz CT molecular complexity index is 853. The van der Waals surface area contributed by atoms with Crippen LogP contribution >= 0.6 is 0 Å². The van der Waals surface area contributed by atoms with Gasteiger partial charge in [0, 0.05) is 24.7 Å². The molecular weight excluding hydrogens is 362 g/mol. The molecule has 3 rings (SSSR count). The number of carbonyl (C=O) groups excluding carboxylic acids is 2. The van der Waals surface area contributed by atoms with Gasteiger partial charge in [0.25, 0.3) is 0 Å². The van der Waals surface area contributed by atoms with Crippen molar-refractivity contribution in [2.75, 3.05) is 38.1 Å². The van der Waals surface area contributed by atoms with Crippen LogP contribution in [0.1, 0.15) is 6.42 Å². The summed E-state index contributed by atoms with van der Waals surface area (Å²) in [6, 6.07) is 11.6. The standard InChI is InChI=1S/C20H23N3O5/c1-26-15-6-4-14(5-7-15)23-12-13(10-19(23)24)21-20(25)22-17-11-16(27-2)8-9-18(17)28-3/h4-9,11,13H,10,12H2,1-3H3,(H2,21,22,25)/t13-/m1/s1. The van der Waals surface area contributed by atoms with Crippen molar-refractivity contribution >= 4 is 23.3 Å². The van der Waals surface area contributed by atoms with Crippen LogP contribution in [0.25, 0.3) is 0 Å². The summed E-state index contributed by atoms with van der Waals surface area (Å²) in [7, 11) is 4.66. The summed E-state index contributed by atoms with van der Waals surface area (Å²) in [5.74, 6) is 1.78. The molecule has 1 aliphatic rings. The second kappa shape index (κ2) is 8.51. The van der Waals surface area contributed by atoms with E-state index in [2.05, 4.69) is 10.6 Å². The zero-order valence-electron chi connectivity index (χ0n) is 16.0. The molecule has 8 nitrogen and oxygen atoms in total. The van der Waals surface area contributed by atoms with Crippen LogP contribution in [0, 0.1) is 0 Å². The van der Waals surface area contributed by atoms with Gasteiger partial charge in [-0.25, -0.2) is 4.79 Å². The number of urea groups is 1. The number of methoxy groups -OCH3 is 3. The summed E-state index contributed by atoms with van der Waals surface area (Å²) in [6.45, 7) is 0.397.